The van der Waals surface area contributed by atoms with Crippen molar-refractivity contribution in [1.82, 2.24) is 14.5 Å². The van der Waals surface area contributed by atoms with Gasteiger partial charge in [-0.05, 0) is 31.9 Å². The molecular weight excluding hydrogens is 214 g/mol. The minimum atomic E-state index is -0.521. The predicted octanol–water partition coefficient (Wildman–Crippen LogP) is 1.96. The summed E-state index contributed by atoms with van der Waals surface area (Å²) in [6.45, 7) is 2.87. The molecule has 0 saturated carbocycles. The lowest BCUT2D eigenvalue weighted by molar-refractivity contribution is 0.153. The Labute approximate surface area is 101 Å². The number of aliphatic hydroxyl groups excluding tert-OH is 1. The summed E-state index contributed by atoms with van der Waals surface area (Å²) in [4.78, 5) is 8.43. The molecular formula is C13H17N3O. The lowest BCUT2D eigenvalue weighted by Gasteiger charge is -2.11. The molecule has 4 nitrogen and oxygen atoms in total. The van der Waals surface area contributed by atoms with E-state index in [0.29, 0.717) is 6.42 Å². The van der Waals surface area contributed by atoms with Gasteiger partial charge in [-0.1, -0.05) is 6.07 Å². The molecule has 0 aliphatic carbocycles. The van der Waals surface area contributed by atoms with Gasteiger partial charge in [0.15, 0.2) is 0 Å². The third-order valence-electron chi connectivity index (χ3n) is 2.79. The summed E-state index contributed by atoms with van der Waals surface area (Å²) in [7, 11) is 0. The van der Waals surface area contributed by atoms with Crippen molar-refractivity contribution < 1.29 is 5.11 Å². The zero-order valence-electron chi connectivity index (χ0n) is 9.95. The fourth-order valence-corrected chi connectivity index (χ4v) is 1.85. The van der Waals surface area contributed by atoms with E-state index in [2.05, 4.69) is 9.97 Å². The molecule has 0 bridgehead atoms. The van der Waals surface area contributed by atoms with Crippen LogP contribution >= 0.6 is 0 Å². The van der Waals surface area contributed by atoms with Crippen molar-refractivity contribution in [1.29, 1.82) is 0 Å². The van der Waals surface area contributed by atoms with E-state index in [9.17, 15) is 5.11 Å². The van der Waals surface area contributed by atoms with Crippen molar-refractivity contribution in [3.63, 3.8) is 0 Å². The molecule has 2 heterocycles. The summed E-state index contributed by atoms with van der Waals surface area (Å²) < 4.78 is 1.96. The van der Waals surface area contributed by atoms with Gasteiger partial charge in [-0.25, -0.2) is 4.98 Å². The maximum absolute atomic E-state index is 10.1. The highest BCUT2D eigenvalue weighted by atomic mass is 16.3. The van der Waals surface area contributed by atoms with Crippen LogP contribution in [0.3, 0.4) is 0 Å². The molecule has 0 aliphatic rings. The standard InChI is InChI=1S/C13H17N3O/c1-2-16-10-9-15-13(16)12(17)7-6-11-5-3-4-8-14-11/h3-5,8-10,12,17H,2,6-7H2,1H3. The summed E-state index contributed by atoms with van der Waals surface area (Å²) in [5.74, 6) is 0.739. The molecule has 17 heavy (non-hydrogen) atoms. The van der Waals surface area contributed by atoms with E-state index >= 15 is 0 Å². The lowest BCUT2D eigenvalue weighted by Crippen LogP contribution is -2.08. The molecule has 0 spiro atoms. The van der Waals surface area contributed by atoms with E-state index in [0.717, 1.165) is 24.5 Å². The SMILES string of the molecule is CCn1ccnc1C(O)CCc1ccccn1. The number of aryl methyl sites for hydroxylation is 2. The topological polar surface area (TPSA) is 50.9 Å². The van der Waals surface area contributed by atoms with Crippen LogP contribution in [0.2, 0.25) is 0 Å². The van der Waals surface area contributed by atoms with E-state index in [1.54, 1.807) is 12.4 Å². The number of aromatic nitrogens is 3. The Bertz CT molecular complexity index is 453. The number of aliphatic hydroxyl groups is 1. The van der Waals surface area contributed by atoms with Gasteiger partial charge in [-0.15, -0.1) is 0 Å². The minimum absolute atomic E-state index is 0.521. The fraction of sp³-hybridized carbons (Fsp3) is 0.385. The molecule has 1 N–H and O–H groups in total. The summed E-state index contributed by atoms with van der Waals surface area (Å²) in [6.07, 6.45) is 6.27. The largest absolute Gasteiger partial charge is 0.385 e. The Balaban J connectivity index is 1.96. The number of hydrogen-bond acceptors (Lipinski definition) is 3. The first-order valence-corrected chi connectivity index (χ1v) is 5.90. The van der Waals surface area contributed by atoms with Gasteiger partial charge >= 0.3 is 0 Å². The Morgan fingerprint density at radius 1 is 1.29 bits per heavy atom. The van der Waals surface area contributed by atoms with E-state index in [1.807, 2.05) is 35.9 Å². The fourth-order valence-electron chi connectivity index (χ4n) is 1.85. The Morgan fingerprint density at radius 3 is 2.88 bits per heavy atom. The second-order valence-electron chi connectivity index (χ2n) is 3.95. The molecule has 2 rings (SSSR count). The molecule has 0 saturated heterocycles. The average Bonchev–Trinajstić information content (AvgIpc) is 2.85. The van der Waals surface area contributed by atoms with Crippen molar-refractivity contribution in [2.24, 2.45) is 0 Å². The molecule has 2 aromatic heterocycles. The minimum Gasteiger partial charge on any atom is -0.385 e. The van der Waals surface area contributed by atoms with E-state index in [-0.39, 0.29) is 0 Å². The maximum Gasteiger partial charge on any atom is 0.137 e. The Morgan fingerprint density at radius 2 is 2.18 bits per heavy atom. The molecule has 2 aromatic rings. The van der Waals surface area contributed by atoms with Gasteiger partial charge in [0.1, 0.15) is 11.9 Å². The van der Waals surface area contributed by atoms with Crippen LogP contribution < -0.4 is 0 Å². The smallest absolute Gasteiger partial charge is 0.137 e. The van der Waals surface area contributed by atoms with E-state index in [4.69, 9.17) is 0 Å². The van der Waals surface area contributed by atoms with Crippen LogP contribution in [0.15, 0.2) is 36.8 Å². The van der Waals surface area contributed by atoms with Crippen LogP contribution in [0.25, 0.3) is 0 Å². The van der Waals surface area contributed by atoms with Gasteiger partial charge in [0.25, 0.3) is 0 Å². The highest BCUT2D eigenvalue weighted by Crippen LogP contribution is 2.16. The second kappa shape index (κ2) is 5.59. The normalized spacial score (nSPS) is 12.6. The van der Waals surface area contributed by atoms with Gasteiger partial charge in [-0.3, -0.25) is 4.98 Å². The number of hydrogen-bond donors (Lipinski definition) is 1. The molecule has 4 heteroatoms. The van der Waals surface area contributed by atoms with Crippen molar-refractivity contribution in [3.05, 3.63) is 48.3 Å². The van der Waals surface area contributed by atoms with Crippen molar-refractivity contribution >= 4 is 0 Å². The van der Waals surface area contributed by atoms with Crippen LogP contribution in [-0.2, 0) is 13.0 Å². The van der Waals surface area contributed by atoms with Crippen LogP contribution in [0.4, 0.5) is 0 Å². The second-order valence-corrected chi connectivity index (χ2v) is 3.95. The van der Waals surface area contributed by atoms with Crippen LogP contribution in [0, 0.1) is 0 Å². The highest BCUT2D eigenvalue weighted by Gasteiger charge is 2.13. The average molecular weight is 231 g/mol. The molecule has 1 unspecified atom stereocenters. The van der Waals surface area contributed by atoms with Crippen molar-refractivity contribution in [2.75, 3.05) is 0 Å². The summed E-state index contributed by atoms with van der Waals surface area (Å²) in [5, 5.41) is 10.1. The number of rotatable bonds is 5. The third-order valence-corrected chi connectivity index (χ3v) is 2.79. The zero-order valence-corrected chi connectivity index (χ0v) is 9.95. The van der Waals surface area contributed by atoms with Gasteiger partial charge in [0.2, 0.25) is 0 Å². The first kappa shape index (κ1) is 11.8. The third kappa shape index (κ3) is 2.91. The predicted molar refractivity (Wildman–Crippen MR) is 65.4 cm³/mol. The Hall–Kier alpha value is -1.68. The summed E-state index contributed by atoms with van der Waals surface area (Å²) in [6, 6.07) is 5.82. The Kier molecular flexibility index (Phi) is 3.88. The zero-order chi connectivity index (χ0) is 12.1. The van der Waals surface area contributed by atoms with Gasteiger partial charge in [0.05, 0.1) is 0 Å². The van der Waals surface area contributed by atoms with E-state index < -0.39 is 6.10 Å². The van der Waals surface area contributed by atoms with Gasteiger partial charge in [-0.2, -0.15) is 0 Å². The number of imidazole rings is 1. The number of pyridine rings is 1. The molecule has 0 fully saturated rings. The number of nitrogens with zero attached hydrogens (tertiary/aromatic N) is 3. The van der Waals surface area contributed by atoms with Crippen molar-refractivity contribution in [3.8, 4) is 0 Å². The van der Waals surface area contributed by atoms with Crippen LogP contribution in [0.1, 0.15) is 31.0 Å². The van der Waals surface area contributed by atoms with Crippen LogP contribution in [0.5, 0.6) is 0 Å². The van der Waals surface area contributed by atoms with E-state index in [1.165, 1.54) is 0 Å². The molecule has 0 aliphatic heterocycles. The molecule has 1 atom stereocenters. The first-order valence-electron chi connectivity index (χ1n) is 5.90. The van der Waals surface area contributed by atoms with Gasteiger partial charge in [0, 0.05) is 30.8 Å². The molecule has 90 valence electrons. The summed E-state index contributed by atoms with van der Waals surface area (Å²) >= 11 is 0. The molecule has 0 radical (unpaired) electrons. The first-order chi connectivity index (χ1) is 8.31. The van der Waals surface area contributed by atoms with Gasteiger partial charge < -0.3 is 9.67 Å². The monoisotopic (exact) mass is 231 g/mol. The quantitative estimate of drug-likeness (QED) is 0.855. The molecule has 0 amide bonds. The van der Waals surface area contributed by atoms with Crippen molar-refractivity contribution in [2.45, 2.75) is 32.4 Å². The molecule has 0 aromatic carbocycles. The van der Waals surface area contributed by atoms with Crippen LogP contribution in [-0.4, -0.2) is 19.6 Å². The lowest BCUT2D eigenvalue weighted by atomic mass is 10.1. The summed E-state index contributed by atoms with van der Waals surface area (Å²) in [5.41, 5.74) is 1.00. The maximum atomic E-state index is 10.1. The highest BCUT2D eigenvalue weighted by molar-refractivity contribution is 5.05.